The Bertz CT molecular complexity index is 1060. The molecule has 0 spiro atoms. The monoisotopic (exact) mass is 411 g/mol. The number of nitriles is 1. The lowest BCUT2D eigenvalue weighted by Crippen LogP contribution is -2.44. The van der Waals surface area contributed by atoms with E-state index in [1.807, 2.05) is 39.0 Å². The number of piperidine rings is 1. The van der Waals surface area contributed by atoms with Crippen LogP contribution in [0.25, 0.3) is 0 Å². The SMILES string of the molecule is Cc1cc(C)c(S(=O)(=O)N2CCCC(C(=O)Nc3cccc(C#N)c3)C2)c(C)c1. The van der Waals surface area contributed by atoms with Gasteiger partial charge in [0.25, 0.3) is 0 Å². The summed E-state index contributed by atoms with van der Waals surface area (Å²) in [6, 6.07) is 12.5. The Morgan fingerprint density at radius 2 is 1.86 bits per heavy atom. The van der Waals surface area contributed by atoms with Gasteiger partial charge in [0.15, 0.2) is 0 Å². The molecule has 29 heavy (non-hydrogen) atoms. The van der Waals surface area contributed by atoms with Gasteiger partial charge in [0, 0.05) is 18.8 Å². The van der Waals surface area contributed by atoms with Crippen LogP contribution in [0.5, 0.6) is 0 Å². The number of carbonyl (C=O) groups excluding carboxylic acids is 1. The molecule has 2 aromatic rings. The Labute approximate surface area is 172 Å². The Kier molecular flexibility index (Phi) is 6.06. The van der Waals surface area contributed by atoms with Crippen molar-refractivity contribution in [2.75, 3.05) is 18.4 Å². The summed E-state index contributed by atoms with van der Waals surface area (Å²) >= 11 is 0. The molecule has 152 valence electrons. The van der Waals surface area contributed by atoms with Crippen molar-refractivity contribution < 1.29 is 13.2 Å². The molecule has 3 rings (SSSR count). The van der Waals surface area contributed by atoms with Crippen LogP contribution >= 0.6 is 0 Å². The van der Waals surface area contributed by atoms with Gasteiger partial charge in [-0.05, 0) is 62.9 Å². The molecule has 0 aliphatic carbocycles. The summed E-state index contributed by atoms with van der Waals surface area (Å²) in [6.45, 7) is 6.12. The molecule has 0 aromatic heterocycles. The quantitative estimate of drug-likeness (QED) is 0.833. The zero-order valence-electron chi connectivity index (χ0n) is 16.9. The molecule has 1 aliphatic heterocycles. The highest BCUT2D eigenvalue weighted by Gasteiger charge is 2.34. The molecule has 0 bridgehead atoms. The molecule has 2 aromatic carbocycles. The topological polar surface area (TPSA) is 90.3 Å². The first-order valence-electron chi connectivity index (χ1n) is 9.61. The van der Waals surface area contributed by atoms with Gasteiger partial charge >= 0.3 is 0 Å². The van der Waals surface area contributed by atoms with E-state index in [0.29, 0.717) is 35.5 Å². The molecule has 1 fully saturated rings. The van der Waals surface area contributed by atoms with Crippen LogP contribution in [0.15, 0.2) is 41.3 Å². The van der Waals surface area contributed by atoms with E-state index in [-0.39, 0.29) is 12.5 Å². The predicted molar refractivity (Wildman–Crippen MR) is 112 cm³/mol. The van der Waals surface area contributed by atoms with Crippen molar-refractivity contribution in [3.05, 3.63) is 58.7 Å². The number of sulfonamides is 1. The molecule has 1 aliphatic rings. The van der Waals surface area contributed by atoms with E-state index in [4.69, 9.17) is 5.26 Å². The molecule has 0 saturated carbocycles. The van der Waals surface area contributed by atoms with E-state index < -0.39 is 15.9 Å². The van der Waals surface area contributed by atoms with Gasteiger partial charge in [-0.2, -0.15) is 9.57 Å². The Morgan fingerprint density at radius 1 is 1.17 bits per heavy atom. The molecule has 6 nitrogen and oxygen atoms in total. The standard InChI is InChI=1S/C22H25N3O3S/c1-15-10-16(2)21(17(3)11-15)29(27,28)25-9-5-7-19(14-25)22(26)24-20-8-4-6-18(12-20)13-23/h4,6,8,10-12,19H,5,7,9,14H2,1-3H3,(H,24,26). The maximum atomic E-state index is 13.3. The number of nitrogens with zero attached hydrogens (tertiary/aromatic N) is 2. The van der Waals surface area contributed by atoms with Gasteiger partial charge in [0.2, 0.25) is 15.9 Å². The lowest BCUT2D eigenvalue weighted by molar-refractivity contribution is -0.120. The number of aryl methyl sites for hydroxylation is 3. The van der Waals surface area contributed by atoms with Crippen LogP contribution in [0, 0.1) is 38.0 Å². The van der Waals surface area contributed by atoms with Crippen LogP contribution in [-0.2, 0) is 14.8 Å². The molecular formula is C22H25N3O3S. The number of nitrogens with one attached hydrogen (secondary N) is 1. The summed E-state index contributed by atoms with van der Waals surface area (Å²) in [6.07, 6.45) is 1.25. The van der Waals surface area contributed by atoms with Gasteiger partial charge in [-0.15, -0.1) is 0 Å². The molecule has 1 unspecified atom stereocenters. The number of rotatable bonds is 4. The lowest BCUT2D eigenvalue weighted by Gasteiger charge is -2.32. The molecule has 1 atom stereocenters. The molecule has 1 amide bonds. The van der Waals surface area contributed by atoms with E-state index in [0.717, 1.165) is 16.7 Å². The highest BCUT2D eigenvalue weighted by molar-refractivity contribution is 7.89. The zero-order valence-corrected chi connectivity index (χ0v) is 17.7. The van der Waals surface area contributed by atoms with Crippen molar-refractivity contribution in [1.82, 2.24) is 4.31 Å². The van der Waals surface area contributed by atoms with Crippen molar-refractivity contribution in [2.45, 2.75) is 38.5 Å². The minimum Gasteiger partial charge on any atom is -0.326 e. The molecule has 1 heterocycles. The minimum absolute atomic E-state index is 0.152. The third kappa shape index (κ3) is 4.50. The highest BCUT2D eigenvalue weighted by atomic mass is 32.2. The van der Waals surface area contributed by atoms with Crippen molar-refractivity contribution >= 4 is 21.6 Å². The Hall–Kier alpha value is -2.69. The van der Waals surface area contributed by atoms with Crippen LogP contribution in [0.4, 0.5) is 5.69 Å². The van der Waals surface area contributed by atoms with Crippen LogP contribution in [0.2, 0.25) is 0 Å². The molecule has 1 N–H and O–H groups in total. The highest BCUT2D eigenvalue weighted by Crippen LogP contribution is 2.29. The zero-order chi connectivity index (χ0) is 21.2. The molecule has 7 heteroatoms. The normalized spacial score (nSPS) is 17.5. The van der Waals surface area contributed by atoms with E-state index in [1.165, 1.54) is 4.31 Å². The molecular weight excluding hydrogens is 386 g/mol. The fourth-order valence-corrected chi connectivity index (χ4v) is 5.92. The summed E-state index contributed by atoms with van der Waals surface area (Å²) in [5, 5.41) is 11.8. The Morgan fingerprint density at radius 3 is 2.52 bits per heavy atom. The van der Waals surface area contributed by atoms with Gasteiger partial charge in [0.1, 0.15) is 0 Å². The second-order valence-corrected chi connectivity index (χ2v) is 9.49. The van der Waals surface area contributed by atoms with Gasteiger partial charge in [-0.25, -0.2) is 8.42 Å². The van der Waals surface area contributed by atoms with Crippen LogP contribution in [0.1, 0.15) is 35.1 Å². The average molecular weight is 412 g/mol. The lowest BCUT2D eigenvalue weighted by atomic mass is 9.98. The number of benzene rings is 2. The van der Waals surface area contributed by atoms with Crippen molar-refractivity contribution in [2.24, 2.45) is 5.92 Å². The maximum Gasteiger partial charge on any atom is 0.243 e. The van der Waals surface area contributed by atoms with Crippen LogP contribution in [0.3, 0.4) is 0 Å². The van der Waals surface area contributed by atoms with Crippen molar-refractivity contribution in [1.29, 1.82) is 5.26 Å². The number of hydrogen-bond acceptors (Lipinski definition) is 4. The fourth-order valence-electron chi connectivity index (χ4n) is 3.99. The van der Waals surface area contributed by atoms with E-state index in [1.54, 1.807) is 24.3 Å². The first-order valence-corrected chi connectivity index (χ1v) is 11.1. The first kappa shape index (κ1) is 21.0. The van der Waals surface area contributed by atoms with Gasteiger partial charge in [-0.3, -0.25) is 4.79 Å². The summed E-state index contributed by atoms with van der Waals surface area (Å²) in [5.74, 6) is -0.660. The second-order valence-electron chi connectivity index (χ2n) is 7.61. The number of amides is 1. The fraction of sp³-hybridized carbons (Fsp3) is 0.364. The first-order chi connectivity index (χ1) is 13.7. The predicted octanol–water partition coefficient (Wildman–Crippen LogP) is 3.52. The van der Waals surface area contributed by atoms with Crippen LogP contribution in [-0.4, -0.2) is 31.7 Å². The average Bonchev–Trinajstić information content (AvgIpc) is 2.67. The minimum atomic E-state index is -3.68. The molecule has 0 radical (unpaired) electrons. The van der Waals surface area contributed by atoms with E-state index in [2.05, 4.69) is 5.32 Å². The summed E-state index contributed by atoms with van der Waals surface area (Å²) in [5.41, 5.74) is 3.47. The largest absolute Gasteiger partial charge is 0.326 e. The van der Waals surface area contributed by atoms with Gasteiger partial charge in [-0.1, -0.05) is 23.8 Å². The van der Waals surface area contributed by atoms with Crippen molar-refractivity contribution in [3.63, 3.8) is 0 Å². The van der Waals surface area contributed by atoms with E-state index >= 15 is 0 Å². The van der Waals surface area contributed by atoms with Crippen LogP contribution < -0.4 is 5.32 Å². The maximum absolute atomic E-state index is 13.3. The summed E-state index contributed by atoms with van der Waals surface area (Å²) < 4.78 is 28.0. The number of carbonyl (C=O) groups is 1. The van der Waals surface area contributed by atoms with E-state index in [9.17, 15) is 13.2 Å². The summed E-state index contributed by atoms with van der Waals surface area (Å²) in [7, 11) is -3.68. The van der Waals surface area contributed by atoms with Crippen molar-refractivity contribution in [3.8, 4) is 6.07 Å². The molecule has 1 saturated heterocycles. The van der Waals surface area contributed by atoms with Gasteiger partial charge in [0.05, 0.1) is 22.4 Å². The summed E-state index contributed by atoms with van der Waals surface area (Å²) in [4.78, 5) is 13.1. The Balaban J connectivity index is 1.80. The number of anilines is 1. The third-order valence-corrected chi connectivity index (χ3v) is 7.39. The van der Waals surface area contributed by atoms with Gasteiger partial charge < -0.3 is 5.32 Å². The second kappa shape index (κ2) is 8.36. The number of hydrogen-bond donors (Lipinski definition) is 1. The third-order valence-electron chi connectivity index (χ3n) is 5.22. The smallest absolute Gasteiger partial charge is 0.243 e.